The molecule has 1 amide bonds. The van der Waals surface area contributed by atoms with Gasteiger partial charge in [-0.2, -0.15) is 0 Å². The summed E-state index contributed by atoms with van der Waals surface area (Å²) in [7, 11) is 3.26. The predicted octanol–water partition coefficient (Wildman–Crippen LogP) is 2.57. The molecule has 1 atom stereocenters. The van der Waals surface area contributed by atoms with E-state index in [9.17, 15) is 14.3 Å². The van der Waals surface area contributed by atoms with Crippen molar-refractivity contribution in [2.45, 2.75) is 25.7 Å². The van der Waals surface area contributed by atoms with E-state index in [4.69, 9.17) is 21.7 Å². The summed E-state index contributed by atoms with van der Waals surface area (Å²) in [6.07, 6.45) is 2.85. The Balaban J connectivity index is 2.00. The highest BCUT2D eigenvalue weighted by Gasteiger charge is 2.34. The number of aliphatic hydroxyl groups excluding tert-OH is 1. The van der Waals surface area contributed by atoms with Gasteiger partial charge in [0.25, 0.3) is 5.91 Å². The second kappa shape index (κ2) is 9.42. The molecule has 9 heteroatoms. The number of rotatable bonds is 8. The standard InChI is InChI=1S/C21H24ClFN4O3/c1-25-20(18(22)7-24)15-6-19-21(29)27(17(12-30-2)10-26(19)8-15)9-14-5-16(23)4-3-13(14)11-28/h3-8,17,24-25,28H,9-12H2,1-2H3/b20-18+,24-7?/t17-/m1/s1. The third kappa shape index (κ3) is 4.26. The van der Waals surface area contributed by atoms with Crippen LogP contribution in [-0.4, -0.2) is 53.5 Å². The van der Waals surface area contributed by atoms with Gasteiger partial charge in [0.2, 0.25) is 0 Å². The van der Waals surface area contributed by atoms with E-state index in [0.717, 1.165) is 6.21 Å². The Hall–Kier alpha value is -2.68. The molecule has 0 fully saturated rings. The average Bonchev–Trinajstić information content (AvgIpc) is 3.15. The number of halogens is 2. The van der Waals surface area contributed by atoms with Crippen molar-refractivity contribution in [1.29, 1.82) is 5.41 Å². The Kier molecular flexibility index (Phi) is 6.91. The number of amides is 1. The van der Waals surface area contributed by atoms with E-state index in [2.05, 4.69) is 5.32 Å². The highest BCUT2D eigenvalue weighted by atomic mass is 35.5. The van der Waals surface area contributed by atoms with E-state index >= 15 is 0 Å². The Morgan fingerprint density at radius 3 is 2.83 bits per heavy atom. The number of aliphatic hydroxyl groups is 1. The minimum atomic E-state index is -0.425. The molecular weight excluding hydrogens is 411 g/mol. The lowest BCUT2D eigenvalue weighted by atomic mass is 10.0. The molecule has 1 aromatic heterocycles. The molecule has 0 spiro atoms. The van der Waals surface area contributed by atoms with Crippen LogP contribution in [0.15, 0.2) is 35.5 Å². The Labute approximate surface area is 179 Å². The number of nitrogens with zero attached hydrogens (tertiary/aromatic N) is 2. The number of hydrogen-bond donors (Lipinski definition) is 3. The van der Waals surface area contributed by atoms with Crippen LogP contribution in [0.3, 0.4) is 0 Å². The van der Waals surface area contributed by atoms with Crippen molar-refractivity contribution < 1.29 is 19.0 Å². The summed E-state index contributed by atoms with van der Waals surface area (Å²) in [5.74, 6) is -0.658. The first kappa shape index (κ1) is 22.0. The molecule has 3 N–H and O–H groups in total. The first-order valence-corrected chi connectivity index (χ1v) is 9.77. The van der Waals surface area contributed by atoms with Crippen molar-refractivity contribution in [2.24, 2.45) is 0 Å². The average molecular weight is 435 g/mol. The number of methoxy groups -OCH3 is 1. The lowest BCUT2D eigenvalue weighted by Crippen LogP contribution is -2.49. The summed E-state index contributed by atoms with van der Waals surface area (Å²) in [6, 6.07) is 5.59. The van der Waals surface area contributed by atoms with Crippen molar-refractivity contribution in [1.82, 2.24) is 14.8 Å². The lowest BCUT2D eigenvalue weighted by Gasteiger charge is -2.36. The Morgan fingerprint density at radius 1 is 1.43 bits per heavy atom. The van der Waals surface area contributed by atoms with Gasteiger partial charge in [-0.05, 0) is 29.3 Å². The van der Waals surface area contributed by atoms with Gasteiger partial charge in [-0.25, -0.2) is 4.39 Å². The zero-order chi connectivity index (χ0) is 21.8. The van der Waals surface area contributed by atoms with Gasteiger partial charge in [-0.3, -0.25) is 4.79 Å². The van der Waals surface area contributed by atoms with E-state index in [1.807, 2.05) is 10.8 Å². The van der Waals surface area contributed by atoms with Gasteiger partial charge in [0.15, 0.2) is 0 Å². The first-order chi connectivity index (χ1) is 14.4. The van der Waals surface area contributed by atoms with E-state index in [1.165, 1.54) is 18.2 Å². The minimum Gasteiger partial charge on any atom is -0.392 e. The van der Waals surface area contributed by atoms with Crippen LogP contribution in [0.1, 0.15) is 27.2 Å². The molecule has 7 nitrogen and oxygen atoms in total. The second-order valence-electron chi connectivity index (χ2n) is 7.00. The smallest absolute Gasteiger partial charge is 0.271 e. The number of fused-ring (bicyclic) bond motifs is 1. The van der Waals surface area contributed by atoms with Gasteiger partial charge in [0.05, 0.1) is 30.0 Å². The van der Waals surface area contributed by atoms with E-state index in [-0.39, 0.29) is 30.1 Å². The maximum absolute atomic E-state index is 13.8. The number of carbonyl (C=O) groups excluding carboxylic acids is 1. The molecule has 0 saturated heterocycles. The molecule has 1 aliphatic heterocycles. The molecule has 0 bridgehead atoms. The van der Waals surface area contributed by atoms with Gasteiger partial charge in [0.1, 0.15) is 11.5 Å². The van der Waals surface area contributed by atoms with Crippen LogP contribution in [0.2, 0.25) is 0 Å². The van der Waals surface area contributed by atoms with Gasteiger partial charge >= 0.3 is 0 Å². The molecule has 160 valence electrons. The number of ether oxygens (including phenoxy) is 1. The zero-order valence-corrected chi connectivity index (χ0v) is 17.5. The lowest BCUT2D eigenvalue weighted by molar-refractivity contribution is 0.0386. The number of benzene rings is 1. The van der Waals surface area contributed by atoms with E-state index in [1.54, 1.807) is 25.1 Å². The molecular formula is C21H24ClFN4O3. The molecule has 30 heavy (non-hydrogen) atoms. The largest absolute Gasteiger partial charge is 0.392 e. The number of nitrogens with one attached hydrogen (secondary N) is 2. The summed E-state index contributed by atoms with van der Waals surface area (Å²) in [5.41, 5.74) is 2.81. The molecule has 1 aromatic carbocycles. The number of allylic oxidation sites excluding steroid dienone is 1. The van der Waals surface area contributed by atoms with Crippen LogP contribution in [0.25, 0.3) is 5.70 Å². The van der Waals surface area contributed by atoms with E-state index < -0.39 is 5.82 Å². The monoisotopic (exact) mass is 434 g/mol. The summed E-state index contributed by atoms with van der Waals surface area (Å²) >= 11 is 6.12. The number of aromatic nitrogens is 1. The van der Waals surface area contributed by atoms with Crippen LogP contribution in [0, 0.1) is 11.2 Å². The molecule has 0 unspecified atom stereocenters. The zero-order valence-electron chi connectivity index (χ0n) is 16.8. The summed E-state index contributed by atoms with van der Waals surface area (Å²) < 4.78 is 21.0. The molecule has 2 heterocycles. The van der Waals surface area contributed by atoms with Crippen molar-refractivity contribution >= 4 is 29.4 Å². The molecule has 3 rings (SSSR count). The molecule has 0 aliphatic carbocycles. The molecule has 0 saturated carbocycles. The number of carbonyl (C=O) groups is 1. The van der Waals surface area contributed by atoms with Crippen LogP contribution in [0.4, 0.5) is 4.39 Å². The van der Waals surface area contributed by atoms with Gasteiger partial charge < -0.3 is 30.0 Å². The molecule has 1 aliphatic rings. The summed E-state index contributed by atoms with van der Waals surface area (Å²) in [4.78, 5) is 15.0. The van der Waals surface area contributed by atoms with E-state index in [0.29, 0.717) is 41.2 Å². The SMILES string of the molecule is CN/C(=C(/Cl)C=N)c1cc2n(c1)C[C@H](COC)N(Cc1cc(F)ccc1CO)C2=O. The minimum absolute atomic E-state index is 0.150. The molecule has 0 radical (unpaired) electrons. The Bertz CT molecular complexity index is 989. The van der Waals surface area contributed by atoms with Crippen molar-refractivity contribution in [3.05, 3.63) is 63.7 Å². The predicted molar refractivity (Wildman–Crippen MR) is 113 cm³/mol. The maximum Gasteiger partial charge on any atom is 0.271 e. The molecule has 2 aromatic rings. The second-order valence-corrected chi connectivity index (χ2v) is 7.40. The number of hydrogen-bond acceptors (Lipinski definition) is 5. The fraction of sp³-hybridized carbons (Fsp3) is 0.333. The third-order valence-electron chi connectivity index (χ3n) is 5.17. The van der Waals surface area contributed by atoms with Crippen molar-refractivity contribution in [3.8, 4) is 0 Å². The van der Waals surface area contributed by atoms with Crippen LogP contribution >= 0.6 is 11.6 Å². The van der Waals surface area contributed by atoms with Gasteiger partial charge in [0, 0.05) is 45.2 Å². The Morgan fingerprint density at radius 2 is 2.20 bits per heavy atom. The van der Waals surface area contributed by atoms with Gasteiger partial charge in [-0.1, -0.05) is 17.7 Å². The van der Waals surface area contributed by atoms with Crippen molar-refractivity contribution in [2.75, 3.05) is 20.8 Å². The normalized spacial score (nSPS) is 16.9. The summed E-state index contributed by atoms with van der Waals surface area (Å²) in [6.45, 7) is 0.693. The highest BCUT2D eigenvalue weighted by molar-refractivity contribution is 6.42. The van der Waals surface area contributed by atoms with Crippen LogP contribution in [0.5, 0.6) is 0 Å². The first-order valence-electron chi connectivity index (χ1n) is 9.40. The summed E-state index contributed by atoms with van der Waals surface area (Å²) in [5, 5.41) is 20.2. The van der Waals surface area contributed by atoms with Crippen molar-refractivity contribution in [3.63, 3.8) is 0 Å². The topological polar surface area (TPSA) is 90.6 Å². The quantitative estimate of drug-likeness (QED) is 0.557. The highest BCUT2D eigenvalue weighted by Crippen LogP contribution is 2.27. The maximum atomic E-state index is 13.8. The fourth-order valence-corrected chi connectivity index (χ4v) is 3.91. The van der Waals surface area contributed by atoms with Crippen LogP contribution < -0.4 is 5.32 Å². The van der Waals surface area contributed by atoms with Gasteiger partial charge in [-0.15, -0.1) is 0 Å². The third-order valence-corrected chi connectivity index (χ3v) is 5.47. The fourth-order valence-electron chi connectivity index (χ4n) is 3.71. The van der Waals surface area contributed by atoms with Crippen LogP contribution in [-0.2, 0) is 24.4 Å².